The van der Waals surface area contributed by atoms with Crippen LogP contribution in [0.5, 0.6) is 0 Å². The summed E-state index contributed by atoms with van der Waals surface area (Å²) in [6, 6.07) is 13.7. The van der Waals surface area contributed by atoms with E-state index in [4.69, 9.17) is 4.74 Å². The number of ether oxygens (including phenoxy) is 1. The van der Waals surface area contributed by atoms with Crippen LogP contribution in [0.3, 0.4) is 0 Å². The van der Waals surface area contributed by atoms with Crippen molar-refractivity contribution in [1.82, 2.24) is 0 Å². The van der Waals surface area contributed by atoms with Crippen molar-refractivity contribution in [3.8, 4) is 0 Å². The summed E-state index contributed by atoms with van der Waals surface area (Å²) in [4.78, 5) is 37.7. The Bertz CT molecular complexity index is 1140. The fourth-order valence-electron chi connectivity index (χ4n) is 2.69. The molecule has 32 heavy (non-hydrogen) atoms. The number of benzene rings is 2. The molecule has 0 atom stereocenters. The van der Waals surface area contributed by atoms with E-state index in [1.165, 1.54) is 23.5 Å². The molecule has 0 unspecified atom stereocenters. The highest BCUT2D eigenvalue weighted by Gasteiger charge is 2.19. The van der Waals surface area contributed by atoms with Gasteiger partial charge in [-0.05, 0) is 62.5 Å². The topological polar surface area (TPSA) is 96.5 Å². The third kappa shape index (κ3) is 6.14. The van der Waals surface area contributed by atoms with Crippen molar-refractivity contribution in [1.29, 1.82) is 0 Å². The molecule has 2 aromatic carbocycles. The summed E-state index contributed by atoms with van der Waals surface area (Å²) < 4.78 is 19.3. The first-order chi connectivity index (χ1) is 15.1. The Morgan fingerprint density at radius 2 is 1.62 bits per heavy atom. The first-order valence-electron chi connectivity index (χ1n) is 9.67. The van der Waals surface area contributed by atoms with Gasteiger partial charge in [-0.15, -0.1) is 11.3 Å². The highest BCUT2D eigenvalue weighted by Crippen LogP contribution is 2.23. The van der Waals surface area contributed by atoms with Crippen LogP contribution in [0.15, 0.2) is 60.0 Å². The normalized spacial score (nSPS) is 10.9. The largest absolute Gasteiger partial charge is 0.444 e. The molecule has 0 spiro atoms. The van der Waals surface area contributed by atoms with Gasteiger partial charge in [-0.2, -0.15) is 0 Å². The Hall–Kier alpha value is -3.72. The van der Waals surface area contributed by atoms with Gasteiger partial charge in [-0.25, -0.2) is 9.18 Å². The molecule has 3 N–H and O–H groups in total. The van der Waals surface area contributed by atoms with Crippen LogP contribution in [0.4, 0.5) is 26.2 Å². The average molecular weight is 456 g/mol. The Morgan fingerprint density at radius 1 is 0.875 bits per heavy atom. The quantitative estimate of drug-likeness (QED) is 0.457. The van der Waals surface area contributed by atoms with E-state index in [2.05, 4.69) is 16.0 Å². The second kappa shape index (κ2) is 9.61. The second-order valence-electron chi connectivity index (χ2n) is 7.75. The molecule has 3 rings (SSSR count). The van der Waals surface area contributed by atoms with Gasteiger partial charge in [0.2, 0.25) is 0 Å². The van der Waals surface area contributed by atoms with Crippen LogP contribution in [0.2, 0.25) is 0 Å². The number of halogens is 1. The monoisotopic (exact) mass is 455 g/mol. The predicted molar refractivity (Wildman–Crippen MR) is 123 cm³/mol. The molecule has 0 aliphatic heterocycles. The predicted octanol–water partition coefficient (Wildman–Crippen LogP) is 5.74. The van der Waals surface area contributed by atoms with Gasteiger partial charge < -0.3 is 15.4 Å². The molecule has 0 saturated heterocycles. The number of thiophene rings is 1. The number of carbonyl (C=O) groups is 3. The summed E-state index contributed by atoms with van der Waals surface area (Å²) in [5.74, 6) is -1.52. The number of amides is 3. The van der Waals surface area contributed by atoms with Crippen LogP contribution >= 0.6 is 11.3 Å². The SMILES string of the molecule is CC(C)(C)OC(=O)Nc1cc(NC(=O)c2ccccc2NC(=O)c2cccs2)ccc1F. The minimum Gasteiger partial charge on any atom is -0.444 e. The number of rotatable bonds is 5. The Labute approximate surface area is 188 Å². The molecule has 3 amide bonds. The molecule has 166 valence electrons. The number of nitrogens with one attached hydrogen (secondary N) is 3. The number of anilines is 3. The van der Waals surface area contributed by atoms with Gasteiger partial charge in [0.25, 0.3) is 11.8 Å². The molecule has 0 aliphatic rings. The van der Waals surface area contributed by atoms with E-state index >= 15 is 0 Å². The van der Waals surface area contributed by atoms with Gasteiger partial charge in [0.05, 0.1) is 21.8 Å². The van der Waals surface area contributed by atoms with Crippen molar-refractivity contribution in [2.45, 2.75) is 26.4 Å². The van der Waals surface area contributed by atoms with Crippen LogP contribution in [0.1, 0.15) is 40.8 Å². The number of hydrogen-bond acceptors (Lipinski definition) is 5. The van der Waals surface area contributed by atoms with E-state index in [1.807, 2.05) is 0 Å². The van der Waals surface area contributed by atoms with Crippen molar-refractivity contribution in [3.05, 3.63) is 76.2 Å². The third-order valence-electron chi connectivity index (χ3n) is 4.02. The minimum atomic E-state index is -0.818. The zero-order chi connectivity index (χ0) is 23.3. The van der Waals surface area contributed by atoms with Gasteiger partial charge in [0.1, 0.15) is 11.4 Å². The molecule has 1 aromatic heterocycles. The highest BCUT2D eigenvalue weighted by atomic mass is 32.1. The molecule has 0 fully saturated rings. The minimum absolute atomic E-state index is 0.142. The van der Waals surface area contributed by atoms with Crippen LogP contribution < -0.4 is 16.0 Å². The lowest BCUT2D eigenvalue weighted by Gasteiger charge is -2.20. The van der Waals surface area contributed by atoms with Crippen LogP contribution in [-0.4, -0.2) is 23.5 Å². The first kappa shape index (κ1) is 23.0. The van der Waals surface area contributed by atoms with Crippen LogP contribution in [0.25, 0.3) is 0 Å². The summed E-state index contributed by atoms with van der Waals surface area (Å²) in [5, 5.41) is 9.49. The zero-order valence-corrected chi connectivity index (χ0v) is 18.5. The van der Waals surface area contributed by atoms with Crippen molar-refractivity contribution in [3.63, 3.8) is 0 Å². The maximum absolute atomic E-state index is 14.1. The standard InChI is InChI=1S/C23H22FN3O4S/c1-23(2,3)31-22(30)27-18-13-14(10-11-16(18)24)25-20(28)15-7-4-5-8-17(15)26-21(29)19-9-6-12-32-19/h4-13H,1-3H3,(H,25,28)(H,26,29)(H,27,30). The first-order valence-corrected chi connectivity index (χ1v) is 10.5. The fourth-order valence-corrected chi connectivity index (χ4v) is 3.31. The summed E-state index contributed by atoms with van der Waals surface area (Å²) in [7, 11) is 0. The van der Waals surface area contributed by atoms with E-state index < -0.39 is 23.4 Å². The summed E-state index contributed by atoms with van der Waals surface area (Å²) in [5.41, 5.74) is -0.0805. The maximum atomic E-state index is 14.1. The van der Waals surface area contributed by atoms with E-state index in [0.717, 1.165) is 6.07 Å². The second-order valence-corrected chi connectivity index (χ2v) is 8.70. The Morgan fingerprint density at radius 3 is 2.31 bits per heavy atom. The van der Waals surface area contributed by atoms with Crippen molar-refractivity contribution >= 4 is 46.3 Å². The Kier molecular flexibility index (Phi) is 6.89. The molecule has 9 heteroatoms. The molecular formula is C23H22FN3O4S. The number of hydrogen-bond donors (Lipinski definition) is 3. The van der Waals surface area contributed by atoms with Gasteiger partial charge in [0.15, 0.2) is 0 Å². The fraction of sp³-hybridized carbons (Fsp3) is 0.174. The van der Waals surface area contributed by atoms with Gasteiger partial charge in [-0.3, -0.25) is 14.9 Å². The number of carbonyl (C=O) groups excluding carboxylic acids is 3. The van der Waals surface area contributed by atoms with E-state index in [9.17, 15) is 18.8 Å². The van der Waals surface area contributed by atoms with Crippen LogP contribution in [0, 0.1) is 5.82 Å². The molecule has 7 nitrogen and oxygen atoms in total. The summed E-state index contributed by atoms with van der Waals surface area (Å²) >= 11 is 1.29. The molecule has 1 heterocycles. The number of para-hydroxylation sites is 1. The zero-order valence-electron chi connectivity index (χ0n) is 17.7. The third-order valence-corrected chi connectivity index (χ3v) is 4.89. The smallest absolute Gasteiger partial charge is 0.412 e. The van der Waals surface area contributed by atoms with Crippen molar-refractivity contribution < 1.29 is 23.5 Å². The lowest BCUT2D eigenvalue weighted by molar-refractivity contribution is 0.0635. The van der Waals surface area contributed by atoms with Crippen molar-refractivity contribution in [2.24, 2.45) is 0 Å². The summed E-state index contributed by atoms with van der Waals surface area (Å²) in [6.45, 7) is 5.07. The van der Waals surface area contributed by atoms with Crippen LogP contribution in [-0.2, 0) is 4.74 Å². The van der Waals surface area contributed by atoms with E-state index in [1.54, 1.807) is 62.5 Å². The van der Waals surface area contributed by atoms with Gasteiger partial charge in [-0.1, -0.05) is 18.2 Å². The van der Waals surface area contributed by atoms with Crippen molar-refractivity contribution in [2.75, 3.05) is 16.0 Å². The highest BCUT2D eigenvalue weighted by molar-refractivity contribution is 7.12. The molecular weight excluding hydrogens is 433 g/mol. The van der Waals surface area contributed by atoms with E-state index in [0.29, 0.717) is 10.6 Å². The molecule has 0 radical (unpaired) electrons. The molecule has 0 bridgehead atoms. The lowest BCUT2D eigenvalue weighted by atomic mass is 10.1. The van der Waals surface area contributed by atoms with Gasteiger partial charge >= 0.3 is 6.09 Å². The molecule has 0 saturated carbocycles. The molecule has 0 aliphatic carbocycles. The lowest BCUT2D eigenvalue weighted by Crippen LogP contribution is -2.27. The maximum Gasteiger partial charge on any atom is 0.412 e. The Balaban J connectivity index is 1.75. The average Bonchev–Trinajstić information content (AvgIpc) is 3.24. The summed E-state index contributed by atoms with van der Waals surface area (Å²) in [6.07, 6.45) is -0.818. The van der Waals surface area contributed by atoms with Gasteiger partial charge in [0, 0.05) is 5.69 Å². The molecule has 3 aromatic rings. The van der Waals surface area contributed by atoms with E-state index in [-0.39, 0.29) is 22.8 Å².